The molecule has 0 aliphatic carbocycles. The van der Waals surface area contributed by atoms with Gasteiger partial charge in [0, 0.05) is 12.6 Å². The normalized spacial score (nSPS) is 15.9. The first-order valence-electron chi connectivity index (χ1n) is 5.57. The molecule has 0 bridgehead atoms. The molecule has 0 heterocycles. The van der Waals surface area contributed by atoms with Crippen molar-refractivity contribution in [1.29, 1.82) is 0 Å². The van der Waals surface area contributed by atoms with E-state index >= 15 is 0 Å². The Morgan fingerprint density at radius 1 is 1.29 bits per heavy atom. The summed E-state index contributed by atoms with van der Waals surface area (Å²) in [6, 6.07) is 0.180. The predicted molar refractivity (Wildman–Crippen MR) is 59.4 cm³/mol. The molecule has 0 aliphatic heterocycles. The fraction of sp³-hybridized carbons (Fsp3) is 1.00. The lowest BCUT2D eigenvalue weighted by Gasteiger charge is -2.19. The van der Waals surface area contributed by atoms with Crippen LogP contribution in [-0.2, 0) is 4.74 Å². The molecular weight excluding hydrogens is 178 g/mol. The molecular formula is C11H25NO2. The lowest BCUT2D eigenvalue weighted by molar-refractivity contribution is 0.0273. The molecule has 0 saturated carbocycles. The second-order valence-electron chi connectivity index (χ2n) is 4.05. The van der Waals surface area contributed by atoms with Gasteiger partial charge in [0.15, 0.2) is 0 Å². The summed E-state index contributed by atoms with van der Waals surface area (Å²) in [5.41, 5.74) is 0. The maximum absolute atomic E-state index is 9.01. The molecule has 0 aliphatic rings. The van der Waals surface area contributed by atoms with Crippen molar-refractivity contribution in [2.45, 2.75) is 46.3 Å². The highest BCUT2D eigenvalue weighted by molar-refractivity contribution is 4.64. The van der Waals surface area contributed by atoms with Crippen LogP contribution in [0.1, 0.15) is 34.1 Å². The molecule has 0 saturated heterocycles. The van der Waals surface area contributed by atoms with Crippen molar-refractivity contribution in [1.82, 2.24) is 5.32 Å². The third-order valence-electron chi connectivity index (χ3n) is 2.50. The molecule has 2 N–H and O–H groups in total. The van der Waals surface area contributed by atoms with E-state index in [2.05, 4.69) is 26.1 Å². The maximum atomic E-state index is 9.01. The standard InChI is InChI=1S/C11H25NO2/c1-5-12-11(8-13)6-7-14-10(4)9(2)3/h9-13H,5-8H2,1-4H3. The summed E-state index contributed by atoms with van der Waals surface area (Å²) in [4.78, 5) is 0. The lowest BCUT2D eigenvalue weighted by atomic mass is 10.1. The van der Waals surface area contributed by atoms with Crippen LogP contribution in [0.2, 0.25) is 0 Å². The van der Waals surface area contributed by atoms with Crippen molar-refractivity contribution in [3.8, 4) is 0 Å². The van der Waals surface area contributed by atoms with E-state index in [1.165, 1.54) is 0 Å². The lowest BCUT2D eigenvalue weighted by Crippen LogP contribution is -2.34. The number of aliphatic hydroxyl groups excluding tert-OH is 1. The number of likely N-dealkylation sites (N-methyl/N-ethyl adjacent to an activating group) is 1. The molecule has 0 amide bonds. The molecule has 0 radical (unpaired) electrons. The monoisotopic (exact) mass is 203 g/mol. The van der Waals surface area contributed by atoms with Crippen molar-refractivity contribution in [2.75, 3.05) is 19.8 Å². The number of aliphatic hydroxyl groups is 1. The highest BCUT2D eigenvalue weighted by Gasteiger charge is 2.09. The molecule has 2 unspecified atom stereocenters. The minimum Gasteiger partial charge on any atom is -0.395 e. The molecule has 0 aromatic heterocycles. The van der Waals surface area contributed by atoms with Crippen LogP contribution in [0.15, 0.2) is 0 Å². The smallest absolute Gasteiger partial charge is 0.0585 e. The van der Waals surface area contributed by atoms with Gasteiger partial charge in [0.05, 0.1) is 12.7 Å². The summed E-state index contributed by atoms with van der Waals surface area (Å²) >= 11 is 0. The van der Waals surface area contributed by atoms with Crippen LogP contribution in [0, 0.1) is 5.92 Å². The fourth-order valence-electron chi connectivity index (χ4n) is 1.14. The van der Waals surface area contributed by atoms with Crippen LogP contribution in [0.25, 0.3) is 0 Å². The zero-order chi connectivity index (χ0) is 11.0. The summed E-state index contributed by atoms with van der Waals surface area (Å²) in [5, 5.41) is 12.2. The van der Waals surface area contributed by atoms with E-state index in [0.29, 0.717) is 12.0 Å². The Hall–Kier alpha value is -0.120. The molecule has 0 aromatic rings. The molecule has 0 fully saturated rings. The largest absolute Gasteiger partial charge is 0.395 e. The molecule has 0 rings (SSSR count). The van der Waals surface area contributed by atoms with Gasteiger partial charge in [0.1, 0.15) is 0 Å². The van der Waals surface area contributed by atoms with Crippen LogP contribution >= 0.6 is 0 Å². The van der Waals surface area contributed by atoms with Gasteiger partial charge in [-0.05, 0) is 25.8 Å². The Labute approximate surface area is 87.8 Å². The van der Waals surface area contributed by atoms with Gasteiger partial charge >= 0.3 is 0 Å². The Bertz CT molecular complexity index is 128. The number of hydrogen-bond donors (Lipinski definition) is 2. The summed E-state index contributed by atoms with van der Waals surface area (Å²) < 4.78 is 5.63. The average molecular weight is 203 g/mol. The first-order chi connectivity index (χ1) is 6.61. The van der Waals surface area contributed by atoms with Crippen molar-refractivity contribution in [3.05, 3.63) is 0 Å². The molecule has 3 nitrogen and oxygen atoms in total. The van der Waals surface area contributed by atoms with Crippen molar-refractivity contribution >= 4 is 0 Å². The van der Waals surface area contributed by atoms with E-state index in [-0.39, 0.29) is 12.6 Å². The van der Waals surface area contributed by atoms with E-state index in [1.807, 2.05) is 6.92 Å². The molecule has 14 heavy (non-hydrogen) atoms. The SMILES string of the molecule is CCNC(CO)CCOC(C)C(C)C. The summed E-state index contributed by atoms with van der Waals surface area (Å²) in [5.74, 6) is 0.557. The third kappa shape index (κ3) is 6.35. The maximum Gasteiger partial charge on any atom is 0.0585 e. The van der Waals surface area contributed by atoms with E-state index in [1.54, 1.807) is 0 Å². The quantitative estimate of drug-likeness (QED) is 0.626. The number of nitrogens with one attached hydrogen (secondary N) is 1. The van der Waals surface area contributed by atoms with E-state index < -0.39 is 0 Å². The first kappa shape index (κ1) is 13.9. The first-order valence-corrected chi connectivity index (χ1v) is 5.57. The van der Waals surface area contributed by atoms with Crippen molar-refractivity contribution in [2.24, 2.45) is 5.92 Å². The van der Waals surface area contributed by atoms with Crippen LogP contribution in [-0.4, -0.2) is 37.0 Å². The second kappa shape index (κ2) is 8.21. The Kier molecular flexibility index (Phi) is 8.14. The molecule has 0 spiro atoms. The average Bonchev–Trinajstić information content (AvgIpc) is 2.16. The minimum atomic E-state index is 0.180. The highest BCUT2D eigenvalue weighted by Crippen LogP contribution is 2.06. The van der Waals surface area contributed by atoms with E-state index in [4.69, 9.17) is 9.84 Å². The summed E-state index contributed by atoms with van der Waals surface area (Å²) in [6.07, 6.45) is 1.18. The zero-order valence-electron chi connectivity index (χ0n) is 9.92. The summed E-state index contributed by atoms with van der Waals surface area (Å²) in [7, 11) is 0. The fourth-order valence-corrected chi connectivity index (χ4v) is 1.14. The van der Waals surface area contributed by atoms with Gasteiger partial charge in [-0.1, -0.05) is 20.8 Å². The Balaban J connectivity index is 3.50. The minimum absolute atomic E-state index is 0.180. The van der Waals surface area contributed by atoms with Crippen molar-refractivity contribution in [3.63, 3.8) is 0 Å². The van der Waals surface area contributed by atoms with Gasteiger partial charge in [0.2, 0.25) is 0 Å². The molecule has 0 aromatic carbocycles. The second-order valence-corrected chi connectivity index (χ2v) is 4.05. The van der Waals surface area contributed by atoms with Crippen LogP contribution in [0.5, 0.6) is 0 Å². The Morgan fingerprint density at radius 3 is 2.36 bits per heavy atom. The predicted octanol–water partition coefficient (Wildman–Crippen LogP) is 1.41. The topological polar surface area (TPSA) is 41.5 Å². The molecule has 2 atom stereocenters. The van der Waals surface area contributed by atoms with Crippen LogP contribution in [0.4, 0.5) is 0 Å². The summed E-state index contributed by atoms with van der Waals surface area (Å²) in [6.45, 7) is 10.2. The van der Waals surface area contributed by atoms with Gasteiger partial charge in [-0.2, -0.15) is 0 Å². The van der Waals surface area contributed by atoms with Crippen LogP contribution < -0.4 is 5.32 Å². The number of ether oxygens (including phenoxy) is 1. The van der Waals surface area contributed by atoms with Gasteiger partial charge in [-0.3, -0.25) is 0 Å². The Morgan fingerprint density at radius 2 is 1.93 bits per heavy atom. The van der Waals surface area contributed by atoms with Gasteiger partial charge in [-0.15, -0.1) is 0 Å². The highest BCUT2D eigenvalue weighted by atomic mass is 16.5. The zero-order valence-corrected chi connectivity index (χ0v) is 9.92. The van der Waals surface area contributed by atoms with Gasteiger partial charge < -0.3 is 15.2 Å². The van der Waals surface area contributed by atoms with Crippen LogP contribution in [0.3, 0.4) is 0 Å². The third-order valence-corrected chi connectivity index (χ3v) is 2.50. The van der Waals surface area contributed by atoms with Gasteiger partial charge in [0.25, 0.3) is 0 Å². The number of rotatable bonds is 8. The van der Waals surface area contributed by atoms with Crippen molar-refractivity contribution < 1.29 is 9.84 Å². The van der Waals surface area contributed by atoms with Gasteiger partial charge in [-0.25, -0.2) is 0 Å². The number of hydrogen-bond acceptors (Lipinski definition) is 3. The molecule has 86 valence electrons. The van der Waals surface area contributed by atoms with E-state index in [0.717, 1.165) is 19.6 Å². The van der Waals surface area contributed by atoms with E-state index in [9.17, 15) is 0 Å². The molecule has 3 heteroatoms.